The third-order valence-corrected chi connectivity index (χ3v) is 5.39. The van der Waals surface area contributed by atoms with Gasteiger partial charge in [-0.15, -0.1) is 0 Å². The Morgan fingerprint density at radius 3 is 2.43 bits per heavy atom. The number of benzene rings is 2. The lowest BCUT2D eigenvalue weighted by Crippen LogP contribution is -2.37. The fourth-order valence-corrected chi connectivity index (χ4v) is 2.97. The first-order valence-corrected chi connectivity index (χ1v) is 9.90. The minimum absolute atomic E-state index is 0.0315. The van der Waals surface area contributed by atoms with Gasteiger partial charge in [0.25, 0.3) is 11.6 Å². The van der Waals surface area contributed by atoms with Gasteiger partial charge < -0.3 is 5.32 Å². The molecule has 0 aliphatic carbocycles. The third kappa shape index (κ3) is 4.40. The molecule has 30 heavy (non-hydrogen) atoms. The zero-order chi connectivity index (χ0) is 22.0. The van der Waals surface area contributed by atoms with Gasteiger partial charge in [0.05, 0.1) is 16.3 Å². The smallest absolute Gasteiger partial charge is 0.271 e. The van der Waals surface area contributed by atoms with E-state index >= 15 is 0 Å². The molecule has 0 unspecified atom stereocenters. The molecule has 1 heterocycles. The van der Waals surface area contributed by atoms with Gasteiger partial charge in [-0.25, -0.2) is 4.68 Å². The second-order valence-corrected chi connectivity index (χ2v) is 7.91. The summed E-state index contributed by atoms with van der Waals surface area (Å²) in [4.78, 5) is 23.8. The molecule has 3 aromatic rings. The number of amides is 1. The molecule has 0 saturated carbocycles. The van der Waals surface area contributed by atoms with Crippen LogP contribution in [0.5, 0.6) is 0 Å². The van der Waals surface area contributed by atoms with Gasteiger partial charge in [0.15, 0.2) is 0 Å². The average molecular weight is 406 g/mol. The number of carbonyl (C=O) groups excluding carboxylic acids is 1. The molecule has 1 N–H and O–H groups in total. The van der Waals surface area contributed by atoms with Crippen molar-refractivity contribution in [1.29, 1.82) is 0 Å². The van der Waals surface area contributed by atoms with E-state index in [0.717, 1.165) is 11.1 Å². The molecule has 7 nitrogen and oxygen atoms in total. The summed E-state index contributed by atoms with van der Waals surface area (Å²) in [6.45, 7) is 10.1. The number of non-ortho nitro benzene ring substituents is 1. The quantitative estimate of drug-likeness (QED) is 0.468. The molecule has 7 heteroatoms. The Morgan fingerprint density at radius 1 is 1.07 bits per heavy atom. The largest absolute Gasteiger partial charge is 0.348 e. The monoisotopic (exact) mass is 406 g/mol. The van der Waals surface area contributed by atoms with Crippen LogP contribution in [0.4, 0.5) is 5.69 Å². The molecule has 156 valence electrons. The van der Waals surface area contributed by atoms with Gasteiger partial charge in [-0.05, 0) is 56.0 Å². The van der Waals surface area contributed by atoms with E-state index in [9.17, 15) is 14.9 Å². The van der Waals surface area contributed by atoms with Crippen LogP contribution < -0.4 is 5.32 Å². The molecular formula is C23H26N4O3. The Bertz CT molecular complexity index is 1100. The van der Waals surface area contributed by atoms with Gasteiger partial charge in [0.1, 0.15) is 5.69 Å². The van der Waals surface area contributed by atoms with Crippen molar-refractivity contribution in [1.82, 2.24) is 15.1 Å². The Balaban J connectivity index is 2.12. The Kier molecular flexibility index (Phi) is 6.01. The van der Waals surface area contributed by atoms with E-state index in [-0.39, 0.29) is 23.6 Å². The van der Waals surface area contributed by atoms with E-state index in [1.807, 2.05) is 52.8 Å². The third-order valence-electron chi connectivity index (χ3n) is 5.39. The SMILES string of the molecule is Cc1ccc(-c2cc(C(=O)N[C@H](C)C(C)C)n(-c3cccc([N+](=O)[O-])c3)n2)cc1C. The number of nitrogens with zero attached hydrogens (tertiary/aromatic N) is 3. The number of nitro groups is 1. The fourth-order valence-electron chi connectivity index (χ4n) is 2.97. The average Bonchev–Trinajstić information content (AvgIpc) is 3.15. The van der Waals surface area contributed by atoms with Crippen LogP contribution in [0, 0.1) is 29.9 Å². The maximum absolute atomic E-state index is 13.0. The van der Waals surface area contributed by atoms with Gasteiger partial charge in [-0.1, -0.05) is 32.0 Å². The van der Waals surface area contributed by atoms with Crippen LogP contribution in [0.1, 0.15) is 42.4 Å². The topological polar surface area (TPSA) is 90.1 Å². The molecule has 0 aliphatic heterocycles. The van der Waals surface area contributed by atoms with Crippen LogP contribution >= 0.6 is 0 Å². The number of aryl methyl sites for hydroxylation is 2. The first-order valence-electron chi connectivity index (χ1n) is 9.90. The lowest BCUT2D eigenvalue weighted by molar-refractivity contribution is -0.384. The number of carbonyl (C=O) groups is 1. The summed E-state index contributed by atoms with van der Waals surface area (Å²) >= 11 is 0. The van der Waals surface area contributed by atoms with Crippen molar-refractivity contribution in [2.75, 3.05) is 0 Å². The van der Waals surface area contributed by atoms with Gasteiger partial charge in [0, 0.05) is 23.7 Å². The summed E-state index contributed by atoms with van der Waals surface area (Å²) in [5.41, 5.74) is 4.54. The van der Waals surface area contributed by atoms with Crippen molar-refractivity contribution in [3.8, 4) is 16.9 Å². The van der Waals surface area contributed by atoms with Crippen molar-refractivity contribution in [3.05, 3.63) is 75.5 Å². The Morgan fingerprint density at radius 2 is 1.80 bits per heavy atom. The standard InChI is InChI=1S/C23H26N4O3/c1-14(2)17(5)24-23(28)22-13-21(18-10-9-15(3)16(4)11-18)25-26(22)19-7-6-8-20(12-19)27(29)30/h6-14,17H,1-5H3,(H,24,28)/t17-/m1/s1. The first-order chi connectivity index (χ1) is 14.2. The van der Waals surface area contributed by atoms with Crippen LogP contribution in [0.2, 0.25) is 0 Å². The molecular weight excluding hydrogens is 380 g/mol. The second kappa shape index (κ2) is 8.49. The maximum Gasteiger partial charge on any atom is 0.271 e. The van der Waals surface area contributed by atoms with Crippen molar-refractivity contribution < 1.29 is 9.72 Å². The van der Waals surface area contributed by atoms with Gasteiger partial charge in [0.2, 0.25) is 0 Å². The molecule has 0 bridgehead atoms. The molecule has 0 radical (unpaired) electrons. The molecule has 0 fully saturated rings. The van der Waals surface area contributed by atoms with Gasteiger partial charge in [-0.3, -0.25) is 14.9 Å². The highest BCUT2D eigenvalue weighted by Gasteiger charge is 2.21. The van der Waals surface area contributed by atoms with Crippen LogP contribution in [-0.2, 0) is 0 Å². The summed E-state index contributed by atoms with van der Waals surface area (Å²) in [6.07, 6.45) is 0. The van der Waals surface area contributed by atoms with Crippen LogP contribution in [0.15, 0.2) is 48.5 Å². The number of hydrogen-bond acceptors (Lipinski definition) is 4. The summed E-state index contributed by atoms with van der Waals surface area (Å²) in [5.74, 6) is -0.00681. The number of rotatable bonds is 6. The zero-order valence-electron chi connectivity index (χ0n) is 17.8. The lowest BCUT2D eigenvalue weighted by atomic mass is 10.0. The highest BCUT2D eigenvalue weighted by atomic mass is 16.6. The minimum atomic E-state index is -0.460. The highest BCUT2D eigenvalue weighted by Crippen LogP contribution is 2.25. The predicted octanol–water partition coefficient (Wildman–Crippen LogP) is 4.84. The van der Waals surface area contributed by atoms with E-state index in [1.54, 1.807) is 18.2 Å². The molecule has 1 atom stereocenters. The number of aromatic nitrogens is 2. The van der Waals surface area contributed by atoms with E-state index in [2.05, 4.69) is 10.4 Å². The maximum atomic E-state index is 13.0. The van der Waals surface area contributed by atoms with E-state index in [4.69, 9.17) is 0 Å². The summed E-state index contributed by atoms with van der Waals surface area (Å²) in [7, 11) is 0. The van der Waals surface area contributed by atoms with E-state index < -0.39 is 4.92 Å². The lowest BCUT2D eigenvalue weighted by Gasteiger charge is -2.17. The predicted molar refractivity (Wildman–Crippen MR) is 117 cm³/mol. The molecule has 3 rings (SSSR count). The first kappa shape index (κ1) is 21.2. The van der Waals surface area contributed by atoms with E-state index in [0.29, 0.717) is 17.1 Å². The molecule has 2 aromatic carbocycles. The van der Waals surface area contributed by atoms with Crippen molar-refractivity contribution in [2.24, 2.45) is 5.92 Å². The normalized spacial score (nSPS) is 12.1. The Hall–Kier alpha value is -3.48. The van der Waals surface area contributed by atoms with Crippen molar-refractivity contribution in [3.63, 3.8) is 0 Å². The number of nitrogens with one attached hydrogen (secondary N) is 1. The molecule has 1 amide bonds. The molecule has 0 aliphatic rings. The summed E-state index contributed by atoms with van der Waals surface area (Å²) < 4.78 is 1.47. The van der Waals surface area contributed by atoms with Crippen molar-refractivity contribution >= 4 is 11.6 Å². The minimum Gasteiger partial charge on any atom is -0.348 e. The van der Waals surface area contributed by atoms with E-state index in [1.165, 1.54) is 22.4 Å². The summed E-state index contributed by atoms with van der Waals surface area (Å²) in [5, 5.41) is 18.8. The fraction of sp³-hybridized carbons (Fsp3) is 0.304. The molecule has 1 aromatic heterocycles. The van der Waals surface area contributed by atoms with Gasteiger partial charge >= 0.3 is 0 Å². The second-order valence-electron chi connectivity index (χ2n) is 7.91. The van der Waals surface area contributed by atoms with Crippen molar-refractivity contribution in [2.45, 2.75) is 40.7 Å². The highest BCUT2D eigenvalue weighted by molar-refractivity contribution is 5.94. The zero-order valence-corrected chi connectivity index (χ0v) is 17.8. The molecule has 0 spiro atoms. The summed E-state index contributed by atoms with van der Waals surface area (Å²) in [6, 6.07) is 13.8. The van der Waals surface area contributed by atoms with Crippen LogP contribution in [-0.4, -0.2) is 26.7 Å². The van der Waals surface area contributed by atoms with Crippen LogP contribution in [0.25, 0.3) is 16.9 Å². The number of hydrogen-bond donors (Lipinski definition) is 1. The van der Waals surface area contributed by atoms with Gasteiger partial charge in [-0.2, -0.15) is 5.10 Å². The number of nitro benzene ring substituents is 1. The van der Waals surface area contributed by atoms with Crippen LogP contribution in [0.3, 0.4) is 0 Å². The molecule has 0 saturated heterocycles. The Labute approximate surface area is 175 Å².